The third-order valence-electron chi connectivity index (χ3n) is 1.96. The number of nitrogens with one attached hydrogen (secondary N) is 1. The van der Waals surface area contributed by atoms with Gasteiger partial charge in [-0.2, -0.15) is 0 Å². The molecule has 0 aromatic heterocycles. The van der Waals surface area contributed by atoms with Gasteiger partial charge in [-0.25, -0.2) is 5.84 Å². The number of carbonyl (C=O) groups excluding carboxylic acids is 1. The SMILES string of the molecule is CCC(O)(CC(C)(C)C)C(=O)NN. The topological polar surface area (TPSA) is 75.3 Å². The normalized spacial score (nSPS) is 16.5. The second kappa shape index (κ2) is 4.07. The summed E-state index contributed by atoms with van der Waals surface area (Å²) in [5.41, 5.74) is 0.550. The molecule has 0 aromatic rings. The maximum Gasteiger partial charge on any atom is 0.265 e. The minimum absolute atomic E-state index is 0.0999. The van der Waals surface area contributed by atoms with Crippen LogP contribution in [0.1, 0.15) is 40.5 Å². The maximum atomic E-state index is 11.3. The van der Waals surface area contributed by atoms with Gasteiger partial charge in [0.2, 0.25) is 0 Å². The molecule has 0 spiro atoms. The van der Waals surface area contributed by atoms with Gasteiger partial charge in [0.1, 0.15) is 5.60 Å². The number of hydrogen-bond acceptors (Lipinski definition) is 3. The lowest BCUT2D eigenvalue weighted by Crippen LogP contribution is -2.50. The molecule has 1 amide bonds. The number of aliphatic hydroxyl groups is 1. The van der Waals surface area contributed by atoms with E-state index in [2.05, 4.69) is 0 Å². The summed E-state index contributed by atoms with van der Waals surface area (Å²) in [6.07, 6.45) is 0.771. The van der Waals surface area contributed by atoms with Gasteiger partial charge in [0, 0.05) is 0 Å². The highest BCUT2D eigenvalue weighted by molar-refractivity contribution is 5.84. The Balaban J connectivity index is 4.55. The number of rotatable bonds is 3. The molecule has 4 N–H and O–H groups in total. The first-order valence-electron chi connectivity index (χ1n) is 4.48. The summed E-state index contributed by atoms with van der Waals surface area (Å²) in [7, 11) is 0. The van der Waals surface area contributed by atoms with E-state index in [1.165, 1.54) is 0 Å². The molecule has 4 nitrogen and oxygen atoms in total. The van der Waals surface area contributed by atoms with Gasteiger partial charge in [-0.3, -0.25) is 10.2 Å². The molecule has 0 aliphatic rings. The quantitative estimate of drug-likeness (QED) is 0.344. The zero-order valence-corrected chi connectivity index (χ0v) is 8.85. The minimum atomic E-state index is -1.34. The van der Waals surface area contributed by atoms with Crippen LogP contribution in [0, 0.1) is 5.41 Å². The molecule has 0 aliphatic carbocycles. The fourth-order valence-corrected chi connectivity index (χ4v) is 1.38. The van der Waals surface area contributed by atoms with E-state index in [-0.39, 0.29) is 5.41 Å². The number of hydrazine groups is 1. The van der Waals surface area contributed by atoms with Crippen molar-refractivity contribution in [3.05, 3.63) is 0 Å². The van der Waals surface area contributed by atoms with E-state index in [1.807, 2.05) is 26.2 Å². The molecular weight excluding hydrogens is 168 g/mol. The summed E-state index contributed by atoms with van der Waals surface area (Å²) in [5.74, 6) is 4.48. The van der Waals surface area contributed by atoms with Crippen molar-refractivity contribution < 1.29 is 9.90 Å². The first-order valence-corrected chi connectivity index (χ1v) is 4.48. The van der Waals surface area contributed by atoms with Crippen LogP contribution in [0.2, 0.25) is 0 Å². The van der Waals surface area contributed by atoms with Crippen molar-refractivity contribution in [3.63, 3.8) is 0 Å². The number of hydrogen-bond donors (Lipinski definition) is 3. The fraction of sp³-hybridized carbons (Fsp3) is 0.889. The fourth-order valence-electron chi connectivity index (χ4n) is 1.38. The smallest absolute Gasteiger partial charge is 0.265 e. The van der Waals surface area contributed by atoms with Gasteiger partial charge >= 0.3 is 0 Å². The number of nitrogens with two attached hydrogens (primary N) is 1. The maximum absolute atomic E-state index is 11.3. The van der Waals surface area contributed by atoms with Crippen LogP contribution in [-0.4, -0.2) is 16.6 Å². The van der Waals surface area contributed by atoms with Gasteiger partial charge in [0.05, 0.1) is 0 Å². The van der Waals surface area contributed by atoms with E-state index < -0.39 is 11.5 Å². The van der Waals surface area contributed by atoms with Gasteiger partial charge < -0.3 is 5.11 Å². The van der Waals surface area contributed by atoms with Gasteiger partial charge in [0.15, 0.2) is 0 Å². The standard InChI is InChI=1S/C9H20N2O2/c1-5-9(13,7(12)11-10)6-8(2,3)4/h13H,5-6,10H2,1-4H3,(H,11,12). The van der Waals surface area contributed by atoms with E-state index in [1.54, 1.807) is 6.92 Å². The monoisotopic (exact) mass is 188 g/mol. The van der Waals surface area contributed by atoms with Crippen LogP contribution in [0.4, 0.5) is 0 Å². The Morgan fingerprint density at radius 3 is 2.15 bits per heavy atom. The highest BCUT2D eigenvalue weighted by atomic mass is 16.3. The minimum Gasteiger partial charge on any atom is -0.380 e. The Morgan fingerprint density at radius 2 is 1.92 bits per heavy atom. The molecule has 13 heavy (non-hydrogen) atoms. The molecule has 0 rings (SSSR count). The predicted octanol–water partition coefficient (Wildman–Crippen LogP) is 0.554. The van der Waals surface area contributed by atoms with Crippen LogP contribution in [0.15, 0.2) is 0 Å². The molecule has 0 bridgehead atoms. The highest BCUT2D eigenvalue weighted by Gasteiger charge is 2.37. The highest BCUT2D eigenvalue weighted by Crippen LogP contribution is 2.29. The zero-order valence-electron chi connectivity index (χ0n) is 8.85. The molecule has 0 heterocycles. The van der Waals surface area contributed by atoms with E-state index in [9.17, 15) is 9.90 Å². The van der Waals surface area contributed by atoms with Crippen molar-refractivity contribution in [1.29, 1.82) is 0 Å². The predicted molar refractivity (Wildman–Crippen MR) is 51.6 cm³/mol. The van der Waals surface area contributed by atoms with Crippen LogP contribution in [0.5, 0.6) is 0 Å². The number of amides is 1. The lowest BCUT2D eigenvalue weighted by atomic mass is 9.80. The molecule has 0 radical (unpaired) electrons. The molecule has 1 unspecified atom stereocenters. The zero-order chi connectivity index (χ0) is 10.7. The summed E-state index contributed by atoms with van der Waals surface area (Å²) < 4.78 is 0. The van der Waals surface area contributed by atoms with Gasteiger partial charge in [-0.05, 0) is 18.3 Å². The van der Waals surface area contributed by atoms with Crippen LogP contribution in [-0.2, 0) is 4.79 Å². The first kappa shape index (κ1) is 12.4. The van der Waals surface area contributed by atoms with E-state index in [0.29, 0.717) is 12.8 Å². The second-order valence-electron chi connectivity index (χ2n) is 4.60. The summed E-state index contributed by atoms with van der Waals surface area (Å²) in [6.45, 7) is 7.67. The molecule has 0 aliphatic heterocycles. The molecule has 0 fully saturated rings. The van der Waals surface area contributed by atoms with E-state index >= 15 is 0 Å². The van der Waals surface area contributed by atoms with Crippen molar-refractivity contribution >= 4 is 5.91 Å². The van der Waals surface area contributed by atoms with Gasteiger partial charge in [-0.1, -0.05) is 27.7 Å². The van der Waals surface area contributed by atoms with Crippen molar-refractivity contribution in [2.75, 3.05) is 0 Å². The van der Waals surface area contributed by atoms with Crippen molar-refractivity contribution in [3.8, 4) is 0 Å². The van der Waals surface area contributed by atoms with Crippen LogP contribution in [0.25, 0.3) is 0 Å². The Morgan fingerprint density at radius 1 is 1.46 bits per heavy atom. The van der Waals surface area contributed by atoms with E-state index in [4.69, 9.17) is 5.84 Å². The third-order valence-corrected chi connectivity index (χ3v) is 1.96. The van der Waals surface area contributed by atoms with Crippen LogP contribution < -0.4 is 11.3 Å². The first-order chi connectivity index (χ1) is 5.75. The largest absolute Gasteiger partial charge is 0.380 e. The lowest BCUT2D eigenvalue weighted by molar-refractivity contribution is -0.143. The number of carbonyl (C=O) groups is 1. The molecule has 0 saturated heterocycles. The summed E-state index contributed by atoms with van der Waals surface area (Å²) in [6, 6.07) is 0. The Bertz CT molecular complexity index is 187. The molecule has 0 saturated carbocycles. The van der Waals surface area contributed by atoms with Crippen LogP contribution >= 0.6 is 0 Å². The average molecular weight is 188 g/mol. The molecule has 4 heteroatoms. The van der Waals surface area contributed by atoms with Crippen molar-refractivity contribution in [2.24, 2.45) is 11.3 Å². The van der Waals surface area contributed by atoms with E-state index in [0.717, 1.165) is 0 Å². The van der Waals surface area contributed by atoms with Crippen molar-refractivity contribution in [2.45, 2.75) is 46.1 Å². The molecule has 0 aromatic carbocycles. The third kappa shape index (κ3) is 3.74. The Kier molecular flexibility index (Phi) is 3.88. The Hall–Kier alpha value is -0.610. The summed E-state index contributed by atoms with van der Waals surface area (Å²) >= 11 is 0. The average Bonchev–Trinajstić information content (AvgIpc) is 1.99. The molecular formula is C9H20N2O2. The van der Waals surface area contributed by atoms with Crippen molar-refractivity contribution in [1.82, 2.24) is 5.43 Å². The summed E-state index contributed by atoms with van der Waals surface area (Å²) in [4.78, 5) is 11.3. The van der Waals surface area contributed by atoms with Gasteiger partial charge in [0.25, 0.3) is 5.91 Å². The van der Waals surface area contributed by atoms with Gasteiger partial charge in [-0.15, -0.1) is 0 Å². The van der Waals surface area contributed by atoms with Crippen LogP contribution in [0.3, 0.4) is 0 Å². The Labute approximate surface area is 79.5 Å². The molecule has 1 atom stereocenters. The summed E-state index contributed by atoms with van der Waals surface area (Å²) in [5, 5.41) is 9.93. The lowest BCUT2D eigenvalue weighted by Gasteiger charge is -2.31. The second-order valence-corrected chi connectivity index (χ2v) is 4.60. The molecule has 78 valence electrons.